The highest BCUT2D eigenvalue weighted by Gasteiger charge is 2.33. The molecule has 1 aromatic carbocycles. The van der Waals surface area contributed by atoms with Crippen molar-refractivity contribution in [3.8, 4) is 11.5 Å². The Hall–Kier alpha value is -1.89. The minimum Gasteiger partial charge on any atom is -0.490 e. The number of rotatable bonds is 10. The van der Waals surface area contributed by atoms with Crippen LogP contribution in [0.25, 0.3) is 0 Å². The summed E-state index contributed by atoms with van der Waals surface area (Å²) >= 11 is 0. The molecule has 0 fully saturated rings. The molecule has 5 nitrogen and oxygen atoms in total. The number of benzene rings is 1. The predicted octanol–water partition coefficient (Wildman–Crippen LogP) is 3.07. The summed E-state index contributed by atoms with van der Waals surface area (Å²) in [6, 6.07) is 4.83. The van der Waals surface area contributed by atoms with Crippen molar-refractivity contribution in [2.45, 2.75) is 46.8 Å². The molecule has 0 aromatic heterocycles. The molecule has 0 bridgehead atoms. The van der Waals surface area contributed by atoms with E-state index in [-0.39, 0.29) is 30.5 Å². The van der Waals surface area contributed by atoms with Gasteiger partial charge in [0.25, 0.3) is 0 Å². The lowest BCUT2D eigenvalue weighted by Gasteiger charge is -2.28. The first kappa shape index (κ1) is 20.2. The number of alkyl halides is 2. The smallest absolute Gasteiger partial charge is 0.387 e. The lowest BCUT2D eigenvalue weighted by Crippen LogP contribution is -2.45. The zero-order valence-electron chi connectivity index (χ0n) is 14.4. The average molecular weight is 344 g/mol. The number of nitrogens with one attached hydrogen (secondary N) is 1. The Balaban J connectivity index is 2.98. The van der Waals surface area contributed by atoms with Gasteiger partial charge in [-0.05, 0) is 25.8 Å². The summed E-state index contributed by atoms with van der Waals surface area (Å²) in [7, 11) is 0. The predicted molar refractivity (Wildman–Crippen MR) is 88.2 cm³/mol. The molecule has 1 rings (SSSR count). The zero-order valence-corrected chi connectivity index (χ0v) is 14.4. The molecular weight excluding hydrogens is 318 g/mol. The molecule has 1 amide bonds. The lowest BCUT2D eigenvalue weighted by molar-refractivity contribution is -0.131. The molecule has 0 saturated heterocycles. The molecule has 24 heavy (non-hydrogen) atoms. The van der Waals surface area contributed by atoms with Crippen LogP contribution in [-0.2, 0) is 11.3 Å². The topological polar surface area (TPSA) is 73.6 Å². The van der Waals surface area contributed by atoms with Crippen molar-refractivity contribution in [1.29, 1.82) is 0 Å². The van der Waals surface area contributed by atoms with Crippen molar-refractivity contribution >= 4 is 5.91 Å². The van der Waals surface area contributed by atoms with Crippen LogP contribution in [0, 0.1) is 5.41 Å². The van der Waals surface area contributed by atoms with Crippen molar-refractivity contribution in [3.05, 3.63) is 23.8 Å². The van der Waals surface area contributed by atoms with Crippen molar-refractivity contribution in [2.24, 2.45) is 11.1 Å². The Morgan fingerprint density at radius 3 is 2.46 bits per heavy atom. The third-order valence-electron chi connectivity index (χ3n) is 4.23. The summed E-state index contributed by atoms with van der Waals surface area (Å²) in [5.74, 6) is -0.0265. The number of carbonyl (C=O) groups is 1. The maximum atomic E-state index is 12.7. The number of para-hydroxylation sites is 1. The lowest BCUT2D eigenvalue weighted by atomic mass is 9.81. The molecule has 0 aliphatic carbocycles. The van der Waals surface area contributed by atoms with E-state index in [4.69, 9.17) is 10.5 Å². The van der Waals surface area contributed by atoms with E-state index in [2.05, 4.69) is 10.1 Å². The summed E-state index contributed by atoms with van der Waals surface area (Å²) in [6.07, 6.45) is 1.20. The maximum Gasteiger partial charge on any atom is 0.387 e. The molecule has 1 aromatic rings. The van der Waals surface area contributed by atoms with E-state index in [1.165, 1.54) is 0 Å². The third kappa shape index (κ3) is 4.80. The monoisotopic (exact) mass is 344 g/mol. The van der Waals surface area contributed by atoms with Gasteiger partial charge in [-0.15, -0.1) is 0 Å². The van der Waals surface area contributed by atoms with Crippen LogP contribution in [0.15, 0.2) is 18.2 Å². The van der Waals surface area contributed by atoms with E-state index >= 15 is 0 Å². The second kappa shape index (κ2) is 9.42. The second-order valence-electron chi connectivity index (χ2n) is 5.43. The fourth-order valence-electron chi connectivity index (χ4n) is 2.51. The largest absolute Gasteiger partial charge is 0.490 e. The van der Waals surface area contributed by atoms with Crippen LogP contribution >= 0.6 is 0 Å². The average Bonchev–Trinajstić information content (AvgIpc) is 2.57. The van der Waals surface area contributed by atoms with Gasteiger partial charge in [-0.1, -0.05) is 26.0 Å². The Morgan fingerprint density at radius 2 is 1.96 bits per heavy atom. The van der Waals surface area contributed by atoms with Gasteiger partial charge in [-0.2, -0.15) is 8.78 Å². The number of hydrogen-bond donors (Lipinski definition) is 2. The van der Waals surface area contributed by atoms with E-state index in [9.17, 15) is 13.6 Å². The molecule has 0 heterocycles. The van der Waals surface area contributed by atoms with Crippen LogP contribution in [0.4, 0.5) is 8.78 Å². The number of hydrogen-bond acceptors (Lipinski definition) is 4. The molecule has 0 unspecified atom stereocenters. The van der Waals surface area contributed by atoms with Gasteiger partial charge in [0.05, 0.1) is 12.0 Å². The highest BCUT2D eigenvalue weighted by atomic mass is 19.3. The molecule has 0 atom stereocenters. The normalized spacial score (nSPS) is 11.5. The Labute approximate surface area is 141 Å². The first-order valence-corrected chi connectivity index (χ1v) is 8.11. The molecule has 0 aliphatic rings. The first-order chi connectivity index (χ1) is 11.4. The van der Waals surface area contributed by atoms with Gasteiger partial charge in [-0.25, -0.2) is 0 Å². The SMILES string of the molecule is CCOc1cccc(CNC(=O)C(CC)(CC)CN)c1OC(F)F. The minimum absolute atomic E-state index is 0.0546. The summed E-state index contributed by atoms with van der Waals surface area (Å²) in [4.78, 5) is 12.5. The number of carbonyl (C=O) groups excluding carboxylic acids is 1. The molecule has 7 heteroatoms. The van der Waals surface area contributed by atoms with E-state index in [0.717, 1.165) is 0 Å². The van der Waals surface area contributed by atoms with Crippen LogP contribution in [-0.4, -0.2) is 25.7 Å². The molecule has 0 radical (unpaired) electrons. The number of amides is 1. The first-order valence-electron chi connectivity index (χ1n) is 8.11. The highest BCUT2D eigenvalue weighted by molar-refractivity contribution is 5.82. The summed E-state index contributed by atoms with van der Waals surface area (Å²) in [5.41, 5.74) is 5.53. The van der Waals surface area contributed by atoms with Crippen molar-refractivity contribution in [1.82, 2.24) is 5.32 Å². The van der Waals surface area contributed by atoms with E-state index in [0.29, 0.717) is 25.0 Å². The van der Waals surface area contributed by atoms with Gasteiger partial charge in [0.15, 0.2) is 11.5 Å². The molecule has 0 aliphatic heterocycles. The second-order valence-corrected chi connectivity index (χ2v) is 5.43. The van der Waals surface area contributed by atoms with Gasteiger partial charge in [0.2, 0.25) is 5.91 Å². The third-order valence-corrected chi connectivity index (χ3v) is 4.23. The molecule has 3 N–H and O–H groups in total. The standard InChI is InChI=1S/C17H26F2N2O3/c1-4-17(5-2,11-20)15(22)21-10-12-8-7-9-13(23-6-3)14(12)24-16(18)19/h7-9,16H,4-6,10-11,20H2,1-3H3,(H,21,22). The highest BCUT2D eigenvalue weighted by Crippen LogP contribution is 2.33. The van der Waals surface area contributed by atoms with Crippen molar-refractivity contribution in [2.75, 3.05) is 13.2 Å². The molecular formula is C17H26F2N2O3. The fraction of sp³-hybridized carbons (Fsp3) is 0.588. The van der Waals surface area contributed by atoms with Crippen LogP contribution in [0.2, 0.25) is 0 Å². The number of nitrogens with two attached hydrogens (primary N) is 1. The molecule has 0 spiro atoms. The maximum absolute atomic E-state index is 12.7. The van der Waals surface area contributed by atoms with E-state index in [1.807, 2.05) is 13.8 Å². The summed E-state index contributed by atoms with van der Waals surface area (Å²) < 4.78 is 35.3. The van der Waals surface area contributed by atoms with Crippen LogP contribution in [0.3, 0.4) is 0 Å². The van der Waals surface area contributed by atoms with Crippen LogP contribution in [0.5, 0.6) is 11.5 Å². The Morgan fingerprint density at radius 1 is 1.29 bits per heavy atom. The van der Waals surface area contributed by atoms with Gasteiger partial charge in [-0.3, -0.25) is 4.79 Å². The van der Waals surface area contributed by atoms with Crippen molar-refractivity contribution < 1.29 is 23.0 Å². The van der Waals surface area contributed by atoms with Crippen LogP contribution < -0.4 is 20.5 Å². The van der Waals surface area contributed by atoms with E-state index in [1.54, 1.807) is 25.1 Å². The van der Waals surface area contributed by atoms with Crippen LogP contribution in [0.1, 0.15) is 39.2 Å². The number of ether oxygens (including phenoxy) is 2. The Bertz CT molecular complexity index is 526. The summed E-state index contributed by atoms with van der Waals surface area (Å²) in [5, 5.41) is 2.78. The zero-order chi connectivity index (χ0) is 18.2. The van der Waals surface area contributed by atoms with Gasteiger partial charge in [0, 0.05) is 18.7 Å². The Kier molecular flexibility index (Phi) is 7.91. The fourth-order valence-corrected chi connectivity index (χ4v) is 2.51. The molecule has 0 saturated carbocycles. The summed E-state index contributed by atoms with van der Waals surface area (Å²) in [6.45, 7) is 3.18. The minimum atomic E-state index is -2.98. The van der Waals surface area contributed by atoms with Crippen molar-refractivity contribution in [3.63, 3.8) is 0 Å². The van der Waals surface area contributed by atoms with Gasteiger partial charge in [0.1, 0.15) is 0 Å². The molecule has 136 valence electrons. The quantitative estimate of drug-likeness (QED) is 0.684. The van der Waals surface area contributed by atoms with Gasteiger partial charge < -0.3 is 20.5 Å². The van der Waals surface area contributed by atoms with E-state index < -0.39 is 12.0 Å². The number of halogens is 2. The van der Waals surface area contributed by atoms with Gasteiger partial charge >= 0.3 is 6.61 Å².